The maximum atomic E-state index is 9.03. The summed E-state index contributed by atoms with van der Waals surface area (Å²) in [6, 6.07) is 0. The fourth-order valence-corrected chi connectivity index (χ4v) is 0.750. The van der Waals surface area contributed by atoms with Crippen molar-refractivity contribution in [2.24, 2.45) is 0 Å². The van der Waals surface area contributed by atoms with Gasteiger partial charge in [0.05, 0.1) is 19.6 Å². The van der Waals surface area contributed by atoms with Crippen molar-refractivity contribution in [1.82, 2.24) is 0 Å². The number of carbonyl (C=O) groups is 1. The van der Waals surface area contributed by atoms with Crippen LogP contribution in [0.3, 0.4) is 0 Å². The van der Waals surface area contributed by atoms with Crippen LogP contribution in [0.25, 0.3) is 0 Å². The van der Waals surface area contributed by atoms with E-state index in [0.717, 1.165) is 7.11 Å². The van der Waals surface area contributed by atoms with Gasteiger partial charge >= 0.3 is 0 Å². The van der Waals surface area contributed by atoms with E-state index in [-0.39, 0.29) is 0 Å². The highest BCUT2D eigenvalue weighted by atomic mass is 16.6. The number of nitrogens with one attached hydrogen (secondary N) is 1. The van der Waals surface area contributed by atoms with Crippen molar-refractivity contribution in [3.05, 3.63) is 0 Å². The Morgan fingerprint density at radius 2 is 1.50 bits per heavy atom. The van der Waals surface area contributed by atoms with Gasteiger partial charge in [0.15, 0.2) is 0 Å². The number of hydrogen-bond acceptors (Lipinski definition) is 3. The molecule has 0 saturated heterocycles. The van der Waals surface area contributed by atoms with Gasteiger partial charge in [-0.25, -0.2) is 0 Å². The van der Waals surface area contributed by atoms with Gasteiger partial charge in [0.25, 0.3) is 6.16 Å². The monoisotopic (exact) mass is 177 g/mol. The lowest BCUT2D eigenvalue weighted by Crippen LogP contribution is -3.11. The van der Waals surface area contributed by atoms with Crippen molar-refractivity contribution >= 4 is 6.16 Å². The van der Waals surface area contributed by atoms with E-state index in [0.29, 0.717) is 0 Å². The van der Waals surface area contributed by atoms with E-state index in [4.69, 9.17) is 9.90 Å². The van der Waals surface area contributed by atoms with E-state index in [1.165, 1.54) is 19.6 Å². The summed E-state index contributed by atoms with van der Waals surface area (Å²) in [5.41, 5.74) is 0. The Bertz CT molecular complexity index is 97.0. The predicted molar refractivity (Wildman–Crippen MR) is 45.0 cm³/mol. The molecule has 0 unspecified atom stereocenters. The highest BCUT2D eigenvalue weighted by molar-refractivity contribution is 5.53. The maximum absolute atomic E-state index is 9.03. The topological polar surface area (TPSA) is 53.8 Å². The van der Waals surface area contributed by atoms with E-state index >= 15 is 0 Å². The normalized spacial score (nSPS) is 8.75. The van der Waals surface area contributed by atoms with Crippen molar-refractivity contribution in [3.63, 3.8) is 0 Å². The first-order valence-electron chi connectivity index (χ1n) is 4.20. The average molecular weight is 177 g/mol. The van der Waals surface area contributed by atoms with Crippen molar-refractivity contribution in [3.8, 4) is 0 Å². The van der Waals surface area contributed by atoms with Gasteiger partial charge < -0.3 is 19.5 Å². The molecule has 0 spiro atoms. The minimum Gasteiger partial charge on any atom is -0.553 e. The Morgan fingerprint density at radius 1 is 1.25 bits per heavy atom. The Balaban J connectivity index is 0. The third-order valence-corrected chi connectivity index (χ3v) is 1.67. The third-order valence-electron chi connectivity index (χ3n) is 1.67. The molecule has 0 aliphatic rings. The SMILES string of the molecule is CC[NH+](CC)CC.COC(=O)[O-]. The minimum atomic E-state index is -1.50. The van der Waals surface area contributed by atoms with Gasteiger partial charge in [-0.2, -0.15) is 0 Å². The Labute approximate surface area is 74.1 Å². The molecular weight excluding hydrogens is 158 g/mol. The maximum Gasteiger partial charge on any atom is 0.251 e. The standard InChI is InChI=1S/C6H15N.C2H4O3/c1-4-7(5-2)6-3;1-5-2(3)4/h4-6H2,1-3H3;1H3,(H,3,4). The second-order valence-electron chi connectivity index (χ2n) is 2.26. The molecule has 0 saturated carbocycles. The molecule has 0 atom stereocenters. The van der Waals surface area contributed by atoms with E-state index in [9.17, 15) is 0 Å². The molecule has 0 radical (unpaired) electrons. The summed E-state index contributed by atoms with van der Waals surface area (Å²) in [7, 11) is 1.04. The number of hydrogen-bond donors (Lipinski definition) is 1. The summed E-state index contributed by atoms with van der Waals surface area (Å²) in [6.45, 7) is 10.5. The van der Waals surface area contributed by atoms with Crippen LogP contribution in [0.1, 0.15) is 20.8 Å². The molecule has 4 nitrogen and oxygen atoms in total. The molecule has 4 heteroatoms. The van der Waals surface area contributed by atoms with Gasteiger partial charge in [0, 0.05) is 7.11 Å². The van der Waals surface area contributed by atoms with Crippen LogP contribution < -0.4 is 10.0 Å². The summed E-state index contributed by atoms with van der Waals surface area (Å²) < 4.78 is 3.56. The Kier molecular flexibility index (Phi) is 11.8. The van der Waals surface area contributed by atoms with Crippen molar-refractivity contribution in [2.45, 2.75) is 20.8 Å². The molecule has 0 aromatic rings. The number of quaternary nitrogens is 1. The molecule has 0 heterocycles. The molecule has 74 valence electrons. The van der Waals surface area contributed by atoms with E-state index in [1.54, 1.807) is 4.90 Å². The zero-order valence-electron chi connectivity index (χ0n) is 8.35. The molecule has 0 aromatic carbocycles. The quantitative estimate of drug-likeness (QED) is 0.557. The summed E-state index contributed by atoms with van der Waals surface area (Å²) in [5, 5.41) is 9.03. The van der Waals surface area contributed by atoms with Crippen LogP contribution >= 0.6 is 0 Å². The highest BCUT2D eigenvalue weighted by Gasteiger charge is 1.92. The van der Waals surface area contributed by atoms with Gasteiger partial charge in [-0.3, -0.25) is 0 Å². The second kappa shape index (κ2) is 10.2. The molecule has 0 fully saturated rings. The first kappa shape index (κ1) is 13.8. The number of ether oxygens (including phenoxy) is 1. The second-order valence-corrected chi connectivity index (χ2v) is 2.26. The van der Waals surface area contributed by atoms with Crippen molar-refractivity contribution in [1.29, 1.82) is 0 Å². The Morgan fingerprint density at radius 3 is 1.50 bits per heavy atom. The number of carboxylic acid groups (broad SMARTS) is 1. The van der Waals surface area contributed by atoms with Crippen LogP contribution in [0.5, 0.6) is 0 Å². The van der Waals surface area contributed by atoms with Crippen LogP contribution in [0.2, 0.25) is 0 Å². The molecule has 0 aliphatic heterocycles. The highest BCUT2D eigenvalue weighted by Crippen LogP contribution is 1.53. The van der Waals surface area contributed by atoms with Gasteiger partial charge in [-0.05, 0) is 20.8 Å². The van der Waals surface area contributed by atoms with Crippen LogP contribution in [-0.2, 0) is 4.74 Å². The summed E-state index contributed by atoms with van der Waals surface area (Å²) in [6.07, 6.45) is -1.50. The zero-order chi connectivity index (χ0) is 9.98. The van der Waals surface area contributed by atoms with Gasteiger partial charge in [0.1, 0.15) is 0 Å². The first-order chi connectivity index (χ1) is 5.62. The minimum absolute atomic E-state index is 1.04. The van der Waals surface area contributed by atoms with Gasteiger partial charge in [0.2, 0.25) is 0 Å². The molecule has 0 rings (SSSR count). The van der Waals surface area contributed by atoms with Crippen LogP contribution in [0, 0.1) is 0 Å². The smallest absolute Gasteiger partial charge is 0.251 e. The van der Waals surface area contributed by atoms with Crippen molar-refractivity contribution in [2.75, 3.05) is 26.7 Å². The van der Waals surface area contributed by atoms with Gasteiger partial charge in [-0.15, -0.1) is 0 Å². The molecule has 0 aromatic heterocycles. The summed E-state index contributed by atoms with van der Waals surface area (Å²) >= 11 is 0. The average Bonchev–Trinajstić information content (AvgIpc) is 2.09. The van der Waals surface area contributed by atoms with E-state index < -0.39 is 6.16 Å². The lowest BCUT2D eigenvalue weighted by Gasteiger charge is -2.10. The fraction of sp³-hybridized carbons (Fsp3) is 0.875. The molecule has 1 N–H and O–H groups in total. The summed E-state index contributed by atoms with van der Waals surface area (Å²) in [5.74, 6) is 0. The fourth-order valence-electron chi connectivity index (χ4n) is 0.750. The molecule has 12 heavy (non-hydrogen) atoms. The summed E-state index contributed by atoms with van der Waals surface area (Å²) in [4.78, 5) is 10.7. The molecule has 0 aliphatic carbocycles. The van der Waals surface area contributed by atoms with Gasteiger partial charge in [-0.1, -0.05) is 0 Å². The third kappa shape index (κ3) is 12.0. The van der Waals surface area contributed by atoms with Crippen LogP contribution in [0.15, 0.2) is 0 Å². The number of carbonyl (C=O) groups excluding carboxylic acids is 1. The largest absolute Gasteiger partial charge is 0.553 e. The predicted octanol–water partition coefficient (Wildman–Crippen LogP) is -1.09. The lowest BCUT2D eigenvalue weighted by molar-refractivity contribution is -0.894. The van der Waals surface area contributed by atoms with E-state index in [1.807, 2.05) is 0 Å². The number of methoxy groups -OCH3 is 1. The van der Waals surface area contributed by atoms with Crippen LogP contribution in [-0.4, -0.2) is 32.9 Å². The zero-order valence-corrected chi connectivity index (χ0v) is 8.35. The molecule has 0 bridgehead atoms. The number of rotatable bonds is 3. The Hall–Kier alpha value is -0.770. The van der Waals surface area contributed by atoms with Crippen molar-refractivity contribution < 1.29 is 19.5 Å². The van der Waals surface area contributed by atoms with E-state index in [2.05, 4.69) is 25.5 Å². The molecule has 0 amide bonds. The lowest BCUT2D eigenvalue weighted by atomic mass is 10.5. The molecular formula is C8H19NO3. The van der Waals surface area contributed by atoms with Crippen LogP contribution in [0.4, 0.5) is 4.79 Å². The first-order valence-corrected chi connectivity index (χ1v) is 4.20.